The first-order chi connectivity index (χ1) is 14.3. The molecule has 0 spiro atoms. The Hall–Kier alpha value is -2.14. The third kappa shape index (κ3) is 5.72. The zero-order valence-corrected chi connectivity index (χ0v) is 18.8. The number of nitrogens with zero attached hydrogens (tertiary/aromatic N) is 2. The molecule has 2 aromatic rings. The molecule has 30 heavy (non-hydrogen) atoms. The molecule has 1 heterocycles. The van der Waals surface area contributed by atoms with Crippen molar-refractivity contribution in [3.8, 4) is 0 Å². The van der Waals surface area contributed by atoms with E-state index < -0.39 is 15.8 Å². The minimum absolute atomic E-state index is 0.163. The largest absolute Gasteiger partial charge is 0.325 e. The minimum Gasteiger partial charge on any atom is -0.325 e. The van der Waals surface area contributed by atoms with Gasteiger partial charge in [0, 0.05) is 10.0 Å². The molecule has 0 radical (unpaired) electrons. The number of piperazine rings is 1. The number of hydrogen-bond donors (Lipinski definition) is 2. The van der Waals surface area contributed by atoms with Crippen LogP contribution in [0.3, 0.4) is 0 Å². The molecule has 10 heteroatoms. The van der Waals surface area contributed by atoms with Crippen LogP contribution in [0.5, 0.6) is 0 Å². The number of quaternary nitrogens is 1. The van der Waals surface area contributed by atoms with E-state index in [9.17, 15) is 17.6 Å². The number of nitrogens with one attached hydrogen (secondary N) is 2. The summed E-state index contributed by atoms with van der Waals surface area (Å²) >= 11 is 3.25. The summed E-state index contributed by atoms with van der Waals surface area (Å²) in [6, 6.07) is 11.2. The fourth-order valence-electron chi connectivity index (χ4n) is 3.13. The van der Waals surface area contributed by atoms with Crippen LogP contribution in [0.25, 0.3) is 0 Å². The van der Waals surface area contributed by atoms with Crippen LogP contribution in [0.15, 0.2) is 56.9 Å². The number of amides is 1. The Morgan fingerprint density at radius 1 is 1.23 bits per heavy atom. The normalized spacial score (nSPS) is 16.1. The van der Waals surface area contributed by atoms with Gasteiger partial charge in [-0.25, -0.2) is 18.2 Å². The number of halogens is 2. The summed E-state index contributed by atoms with van der Waals surface area (Å²) in [6.07, 6.45) is 1.25. The van der Waals surface area contributed by atoms with Crippen molar-refractivity contribution in [1.29, 1.82) is 0 Å². The molecule has 2 N–H and O–H groups in total. The van der Waals surface area contributed by atoms with E-state index in [0.29, 0.717) is 30.7 Å². The van der Waals surface area contributed by atoms with Crippen LogP contribution in [0.4, 0.5) is 4.39 Å². The maximum atomic E-state index is 13.7. The molecule has 1 aliphatic heterocycles. The molecule has 1 saturated heterocycles. The summed E-state index contributed by atoms with van der Waals surface area (Å²) in [7, 11) is -3.53. The Kier molecular flexibility index (Phi) is 7.35. The average Bonchev–Trinajstić information content (AvgIpc) is 2.71. The van der Waals surface area contributed by atoms with Crippen LogP contribution >= 0.6 is 15.9 Å². The number of aryl methyl sites for hydroxylation is 1. The first-order valence-corrected chi connectivity index (χ1v) is 11.7. The zero-order valence-electron chi connectivity index (χ0n) is 16.4. The van der Waals surface area contributed by atoms with Crippen LogP contribution in [-0.2, 0) is 14.8 Å². The maximum Gasteiger partial charge on any atom is 0.295 e. The second-order valence-electron chi connectivity index (χ2n) is 7.10. The highest BCUT2D eigenvalue weighted by atomic mass is 79.9. The van der Waals surface area contributed by atoms with Gasteiger partial charge in [-0.2, -0.15) is 9.41 Å². The molecule has 2 aromatic carbocycles. The summed E-state index contributed by atoms with van der Waals surface area (Å²) in [5.41, 5.74) is 3.65. The minimum atomic E-state index is -3.53. The van der Waals surface area contributed by atoms with Crippen molar-refractivity contribution in [3.05, 3.63) is 63.9 Å². The molecule has 0 atom stereocenters. The highest BCUT2D eigenvalue weighted by Crippen LogP contribution is 2.16. The molecule has 3 rings (SSSR count). The summed E-state index contributed by atoms with van der Waals surface area (Å²) in [6.45, 7) is 3.78. The molecular formula is C20H23BrFN4O3S+. The number of benzene rings is 2. The van der Waals surface area contributed by atoms with Gasteiger partial charge >= 0.3 is 0 Å². The first-order valence-electron chi connectivity index (χ1n) is 9.43. The van der Waals surface area contributed by atoms with E-state index in [1.807, 2.05) is 6.92 Å². The van der Waals surface area contributed by atoms with Crippen LogP contribution in [-0.4, -0.2) is 57.6 Å². The SMILES string of the molecule is Cc1ccc(S(=O)(=O)N2CC[NH+](CC(=O)NN=Cc3cc(Br)ccc3F)CC2)cc1. The maximum absolute atomic E-state index is 13.7. The van der Waals surface area contributed by atoms with Crippen molar-refractivity contribution in [1.82, 2.24) is 9.73 Å². The van der Waals surface area contributed by atoms with Crippen LogP contribution in [0.1, 0.15) is 11.1 Å². The lowest BCUT2D eigenvalue weighted by Crippen LogP contribution is -3.15. The third-order valence-corrected chi connectivity index (χ3v) is 7.26. The molecule has 1 amide bonds. The van der Waals surface area contributed by atoms with Crippen molar-refractivity contribution in [3.63, 3.8) is 0 Å². The molecule has 0 aromatic heterocycles. The Labute approximate surface area is 183 Å². The smallest absolute Gasteiger partial charge is 0.295 e. The second kappa shape index (κ2) is 9.78. The highest BCUT2D eigenvalue weighted by Gasteiger charge is 2.31. The molecule has 0 unspecified atom stereocenters. The number of carbonyl (C=O) groups excluding carboxylic acids is 1. The van der Waals surface area contributed by atoms with Gasteiger partial charge in [0.2, 0.25) is 10.0 Å². The fourth-order valence-corrected chi connectivity index (χ4v) is 4.95. The van der Waals surface area contributed by atoms with E-state index >= 15 is 0 Å². The Bertz CT molecular complexity index is 1040. The van der Waals surface area contributed by atoms with E-state index in [-0.39, 0.29) is 22.9 Å². The predicted molar refractivity (Wildman–Crippen MR) is 115 cm³/mol. The number of sulfonamides is 1. The molecule has 1 fully saturated rings. The third-order valence-electron chi connectivity index (χ3n) is 4.85. The standard InChI is InChI=1S/C20H22BrFN4O3S/c1-15-2-5-18(6-3-15)30(28,29)26-10-8-25(9-11-26)14-20(27)24-23-13-16-12-17(21)4-7-19(16)22/h2-7,12-13H,8-11,14H2,1H3,(H,24,27)/p+1. The Morgan fingerprint density at radius 3 is 2.57 bits per heavy atom. The quantitative estimate of drug-likeness (QED) is 0.460. The second-order valence-corrected chi connectivity index (χ2v) is 9.96. The molecule has 1 aliphatic rings. The Balaban J connectivity index is 1.49. The number of rotatable bonds is 6. The van der Waals surface area contributed by atoms with Crippen molar-refractivity contribution in [2.75, 3.05) is 32.7 Å². The molecule has 160 valence electrons. The van der Waals surface area contributed by atoms with Crippen molar-refractivity contribution in [2.45, 2.75) is 11.8 Å². The zero-order chi connectivity index (χ0) is 21.7. The molecule has 7 nitrogen and oxygen atoms in total. The van der Waals surface area contributed by atoms with Gasteiger partial charge in [-0.3, -0.25) is 4.79 Å². The summed E-state index contributed by atoms with van der Waals surface area (Å²) in [5, 5.41) is 3.80. The van der Waals surface area contributed by atoms with E-state index in [1.165, 1.54) is 16.6 Å². The first kappa shape index (κ1) is 22.5. The molecule has 0 saturated carbocycles. The van der Waals surface area contributed by atoms with Gasteiger partial charge in [0.25, 0.3) is 5.91 Å². The number of hydrazone groups is 1. The lowest BCUT2D eigenvalue weighted by molar-refractivity contribution is -0.895. The molecular weight excluding hydrogens is 475 g/mol. The highest BCUT2D eigenvalue weighted by molar-refractivity contribution is 9.10. The molecule has 0 bridgehead atoms. The number of hydrogen-bond acceptors (Lipinski definition) is 4. The summed E-state index contributed by atoms with van der Waals surface area (Å²) in [5.74, 6) is -0.751. The van der Waals surface area contributed by atoms with Gasteiger partial charge in [0.05, 0.1) is 37.3 Å². The lowest BCUT2D eigenvalue weighted by atomic mass is 10.2. The van der Waals surface area contributed by atoms with Crippen LogP contribution < -0.4 is 10.3 Å². The van der Waals surface area contributed by atoms with Crippen molar-refractivity contribution in [2.24, 2.45) is 5.10 Å². The van der Waals surface area contributed by atoms with E-state index in [4.69, 9.17) is 0 Å². The van der Waals surface area contributed by atoms with Gasteiger partial charge in [0.1, 0.15) is 5.82 Å². The van der Waals surface area contributed by atoms with Crippen LogP contribution in [0.2, 0.25) is 0 Å². The molecule has 0 aliphatic carbocycles. The van der Waals surface area contributed by atoms with Crippen LogP contribution in [0, 0.1) is 12.7 Å². The topological polar surface area (TPSA) is 83.3 Å². The fraction of sp³-hybridized carbons (Fsp3) is 0.300. The van der Waals surface area contributed by atoms with Gasteiger partial charge < -0.3 is 4.90 Å². The monoisotopic (exact) mass is 497 g/mol. The average molecular weight is 498 g/mol. The predicted octanol–water partition coefficient (Wildman–Crippen LogP) is 0.936. The van der Waals surface area contributed by atoms with Gasteiger partial charge in [-0.15, -0.1) is 0 Å². The van der Waals surface area contributed by atoms with Crippen molar-refractivity contribution >= 4 is 38.1 Å². The van der Waals surface area contributed by atoms with Gasteiger partial charge in [-0.05, 0) is 37.3 Å². The Morgan fingerprint density at radius 2 is 1.90 bits per heavy atom. The van der Waals surface area contributed by atoms with Crippen molar-refractivity contribution < 1.29 is 22.5 Å². The summed E-state index contributed by atoms with van der Waals surface area (Å²) in [4.78, 5) is 13.4. The number of carbonyl (C=O) groups is 1. The van der Waals surface area contributed by atoms with Gasteiger partial charge in [-0.1, -0.05) is 33.6 Å². The summed E-state index contributed by atoms with van der Waals surface area (Å²) < 4.78 is 41.3. The van der Waals surface area contributed by atoms with E-state index in [2.05, 4.69) is 26.5 Å². The lowest BCUT2D eigenvalue weighted by Gasteiger charge is -2.31. The van der Waals surface area contributed by atoms with Gasteiger partial charge in [0.15, 0.2) is 6.54 Å². The van der Waals surface area contributed by atoms with E-state index in [0.717, 1.165) is 10.5 Å². The van der Waals surface area contributed by atoms with E-state index in [1.54, 1.807) is 36.4 Å².